The van der Waals surface area contributed by atoms with Gasteiger partial charge in [0.15, 0.2) is 0 Å². The third-order valence-electron chi connectivity index (χ3n) is 3.42. The standard InChI is InChI=1S/C16H22N2O2/c1-4-14-13(11-17-10-9-16(19)18(2)3)12-7-5-6-8-15(12)20-14/h5-8,17H,4,9-11H2,1-3H3. The molecule has 0 spiro atoms. The zero-order valence-corrected chi connectivity index (χ0v) is 12.4. The van der Waals surface area contributed by atoms with Gasteiger partial charge in [0.1, 0.15) is 11.3 Å². The van der Waals surface area contributed by atoms with E-state index in [0.717, 1.165) is 29.7 Å². The number of rotatable bonds is 6. The third kappa shape index (κ3) is 3.20. The average molecular weight is 274 g/mol. The average Bonchev–Trinajstić information content (AvgIpc) is 2.81. The lowest BCUT2D eigenvalue weighted by atomic mass is 10.1. The molecular formula is C16H22N2O2. The van der Waals surface area contributed by atoms with Crippen LogP contribution in [0.5, 0.6) is 0 Å². The van der Waals surface area contributed by atoms with Crippen LogP contribution in [0.2, 0.25) is 0 Å². The van der Waals surface area contributed by atoms with Gasteiger partial charge >= 0.3 is 0 Å². The van der Waals surface area contributed by atoms with Gasteiger partial charge in [-0.25, -0.2) is 0 Å². The molecule has 0 radical (unpaired) electrons. The van der Waals surface area contributed by atoms with E-state index in [2.05, 4.69) is 18.3 Å². The first-order valence-electron chi connectivity index (χ1n) is 7.03. The number of nitrogens with one attached hydrogen (secondary N) is 1. The van der Waals surface area contributed by atoms with Crippen LogP contribution in [-0.2, 0) is 17.8 Å². The van der Waals surface area contributed by atoms with Crippen molar-refractivity contribution in [1.29, 1.82) is 0 Å². The number of carbonyl (C=O) groups excluding carboxylic acids is 1. The summed E-state index contributed by atoms with van der Waals surface area (Å²) < 4.78 is 5.85. The second-order valence-corrected chi connectivity index (χ2v) is 5.07. The molecule has 0 saturated heterocycles. The van der Waals surface area contributed by atoms with Crippen LogP contribution in [0.1, 0.15) is 24.7 Å². The van der Waals surface area contributed by atoms with Crippen LogP contribution in [0.3, 0.4) is 0 Å². The molecule has 1 N–H and O–H groups in total. The van der Waals surface area contributed by atoms with E-state index >= 15 is 0 Å². The minimum Gasteiger partial charge on any atom is -0.461 e. The van der Waals surface area contributed by atoms with Gasteiger partial charge in [-0.15, -0.1) is 0 Å². The van der Waals surface area contributed by atoms with Gasteiger partial charge in [0.2, 0.25) is 5.91 Å². The van der Waals surface area contributed by atoms with Crippen molar-refractivity contribution in [2.75, 3.05) is 20.6 Å². The molecule has 0 atom stereocenters. The number of amides is 1. The second-order valence-electron chi connectivity index (χ2n) is 5.07. The Bertz CT molecular complexity index is 587. The molecule has 4 nitrogen and oxygen atoms in total. The van der Waals surface area contributed by atoms with Crippen molar-refractivity contribution in [3.05, 3.63) is 35.6 Å². The quantitative estimate of drug-likeness (QED) is 0.823. The molecule has 108 valence electrons. The van der Waals surface area contributed by atoms with E-state index < -0.39 is 0 Å². The fourth-order valence-corrected chi connectivity index (χ4v) is 2.26. The number of aryl methyl sites for hydroxylation is 1. The Morgan fingerprint density at radius 1 is 1.30 bits per heavy atom. The van der Waals surface area contributed by atoms with Crippen LogP contribution in [-0.4, -0.2) is 31.4 Å². The van der Waals surface area contributed by atoms with Gasteiger partial charge in [-0.2, -0.15) is 0 Å². The molecule has 20 heavy (non-hydrogen) atoms. The summed E-state index contributed by atoms with van der Waals surface area (Å²) in [5, 5.41) is 4.50. The highest BCUT2D eigenvalue weighted by Crippen LogP contribution is 2.26. The highest BCUT2D eigenvalue weighted by molar-refractivity contribution is 5.82. The molecule has 2 aromatic rings. The van der Waals surface area contributed by atoms with Crippen LogP contribution in [0.25, 0.3) is 11.0 Å². The van der Waals surface area contributed by atoms with Gasteiger partial charge in [-0.05, 0) is 6.07 Å². The fourth-order valence-electron chi connectivity index (χ4n) is 2.26. The predicted octanol–water partition coefficient (Wildman–Crippen LogP) is 2.56. The summed E-state index contributed by atoms with van der Waals surface area (Å²) in [5.74, 6) is 1.17. The Balaban J connectivity index is 2.00. The Morgan fingerprint density at radius 2 is 2.05 bits per heavy atom. The van der Waals surface area contributed by atoms with E-state index in [1.807, 2.05) is 18.2 Å². The van der Waals surface area contributed by atoms with E-state index in [-0.39, 0.29) is 5.91 Å². The third-order valence-corrected chi connectivity index (χ3v) is 3.42. The Kier molecular flexibility index (Phi) is 4.79. The zero-order valence-electron chi connectivity index (χ0n) is 12.4. The molecule has 0 aliphatic rings. The number of carbonyl (C=O) groups is 1. The van der Waals surface area contributed by atoms with Gasteiger partial charge in [-0.3, -0.25) is 4.79 Å². The monoisotopic (exact) mass is 274 g/mol. The number of hydrogen-bond acceptors (Lipinski definition) is 3. The minimum atomic E-state index is 0.144. The molecule has 1 aromatic heterocycles. The number of hydrogen-bond donors (Lipinski definition) is 1. The molecule has 2 rings (SSSR count). The van der Waals surface area contributed by atoms with Crippen molar-refractivity contribution in [3.8, 4) is 0 Å². The predicted molar refractivity (Wildman–Crippen MR) is 80.6 cm³/mol. The Hall–Kier alpha value is -1.81. The van der Waals surface area contributed by atoms with Gasteiger partial charge in [0, 0.05) is 51.0 Å². The van der Waals surface area contributed by atoms with Gasteiger partial charge < -0.3 is 14.6 Å². The molecule has 0 fully saturated rings. The molecule has 0 aliphatic heterocycles. The lowest BCUT2D eigenvalue weighted by Crippen LogP contribution is -2.26. The highest BCUT2D eigenvalue weighted by atomic mass is 16.3. The summed E-state index contributed by atoms with van der Waals surface area (Å²) in [7, 11) is 3.56. The number of furan rings is 1. The maximum absolute atomic E-state index is 11.5. The van der Waals surface area contributed by atoms with Gasteiger partial charge in [0.05, 0.1) is 0 Å². The molecule has 1 aromatic carbocycles. The summed E-state index contributed by atoms with van der Waals surface area (Å²) >= 11 is 0. The smallest absolute Gasteiger partial charge is 0.223 e. The summed E-state index contributed by atoms with van der Waals surface area (Å²) in [5.41, 5.74) is 2.14. The maximum atomic E-state index is 11.5. The maximum Gasteiger partial charge on any atom is 0.223 e. The highest BCUT2D eigenvalue weighted by Gasteiger charge is 2.12. The van der Waals surface area contributed by atoms with Crippen molar-refractivity contribution in [3.63, 3.8) is 0 Å². The summed E-state index contributed by atoms with van der Waals surface area (Å²) in [6.45, 7) is 3.51. The first kappa shape index (κ1) is 14.6. The first-order chi connectivity index (χ1) is 9.63. The van der Waals surface area contributed by atoms with E-state index in [9.17, 15) is 4.79 Å². The van der Waals surface area contributed by atoms with Crippen molar-refractivity contribution in [1.82, 2.24) is 10.2 Å². The molecule has 4 heteroatoms. The molecule has 1 heterocycles. The largest absolute Gasteiger partial charge is 0.461 e. The summed E-state index contributed by atoms with van der Waals surface area (Å²) in [6.07, 6.45) is 1.40. The van der Waals surface area contributed by atoms with E-state index in [1.54, 1.807) is 19.0 Å². The topological polar surface area (TPSA) is 45.5 Å². The molecule has 0 aliphatic carbocycles. The number of benzene rings is 1. The molecule has 0 saturated carbocycles. The van der Waals surface area contributed by atoms with E-state index in [1.165, 1.54) is 5.56 Å². The van der Waals surface area contributed by atoms with Crippen LogP contribution in [0.15, 0.2) is 28.7 Å². The van der Waals surface area contributed by atoms with Gasteiger partial charge in [0.25, 0.3) is 0 Å². The molecule has 0 unspecified atom stereocenters. The van der Waals surface area contributed by atoms with Crippen molar-refractivity contribution >= 4 is 16.9 Å². The number of fused-ring (bicyclic) bond motifs is 1. The lowest BCUT2D eigenvalue weighted by molar-refractivity contribution is -0.128. The first-order valence-corrected chi connectivity index (χ1v) is 7.03. The van der Waals surface area contributed by atoms with Crippen LogP contribution in [0, 0.1) is 0 Å². The van der Waals surface area contributed by atoms with Gasteiger partial charge in [-0.1, -0.05) is 25.1 Å². The summed E-state index contributed by atoms with van der Waals surface area (Å²) in [4.78, 5) is 13.1. The SMILES string of the molecule is CCc1oc2ccccc2c1CNCCC(=O)N(C)C. The number of para-hydroxylation sites is 1. The molecule has 0 bridgehead atoms. The zero-order chi connectivity index (χ0) is 14.5. The second kappa shape index (κ2) is 6.57. The molecule has 1 amide bonds. The Morgan fingerprint density at radius 3 is 2.75 bits per heavy atom. The van der Waals surface area contributed by atoms with Crippen LogP contribution in [0.4, 0.5) is 0 Å². The van der Waals surface area contributed by atoms with Crippen molar-refractivity contribution in [2.24, 2.45) is 0 Å². The van der Waals surface area contributed by atoms with E-state index in [0.29, 0.717) is 13.0 Å². The lowest BCUT2D eigenvalue weighted by Gasteiger charge is -2.10. The molecular weight excluding hydrogens is 252 g/mol. The van der Waals surface area contributed by atoms with Crippen molar-refractivity contribution in [2.45, 2.75) is 26.3 Å². The van der Waals surface area contributed by atoms with Crippen molar-refractivity contribution < 1.29 is 9.21 Å². The Labute approximate surface area is 119 Å². The van der Waals surface area contributed by atoms with Crippen LogP contribution >= 0.6 is 0 Å². The normalized spacial score (nSPS) is 10.9. The minimum absolute atomic E-state index is 0.144. The fraction of sp³-hybridized carbons (Fsp3) is 0.438. The summed E-state index contributed by atoms with van der Waals surface area (Å²) in [6, 6.07) is 8.09. The van der Waals surface area contributed by atoms with Crippen LogP contribution < -0.4 is 5.32 Å². The van der Waals surface area contributed by atoms with E-state index in [4.69, 9.17) is 4.42 Å². The number of nitrogens with zero attached hydrogens (tertiary/aromatic N) is 1.